The molecule has 4 rings (SSSR count). The normalized spacial score (nSPS) is 11.3. The molecule has 7 heteroatoms. The summed E-state index contributed by atoms with van der Waals surface area (Å²) < 4.78 is 16.1. The molecular formula is C23H21Cl2FN4. The smallest absolute Gasteiger partial charge is 0.128 e. The van der Waals surface area contributed by atoms with E-state index in [0.29, 0.717) is 34.4 Å². The lowest BCUT2D eigenvalue weighted by Crippen LogP contribution is -2.23. The van der Waals surface area contributed by atoms with E-state index in [1.807, 2.05) is 38.2 Å². The summed E-state index contributed by atoms with van der Waals surface area (Å²) in [6.45, 7) is 5.15. The molecule has 0 spiro atoms. The Kier molecular flexibility index (Phi) is 5.67. The molecular weight excluding hydrogens is 422 g/mol. The van der Waals surface area contributed by atoms with E-state index in [1.165, 1.54) is 6.07 Å². The van der Waals surface area contributed by atoms with Gasteiger partial charge in [0.1, 0.15) is 22.5 Å². The van der Waals surface area contributed by atoms with Gasteiger partial charge in [0.15, 0.2) is 0 Å². The second-order valence-electron chi connectivity index (χ2n) is 7.18. The number of rotatable bonds is 5. The topological polar surface area (TPSA) is 34.0 Å². The van der Waals surface area contributed by atoms with Crippen LogP contribution in [0.5, 0.6) is 0 Å². The fourth-order valence-corrected chi connectivity index (χ4v) is 4.18. The molecule has 0 saturated carbocycles. The molecule has 154 valence electrons. The van der Waals surface area contributed by atoms with Crippen molar-refractivity contribution in [2.75, 3.05) is 11.4 Å². The Morgan fingerprint density at radius 1 is 1.10 bits per heavy atom. The number of halogens is 3. The summed E-state index contributed by atoms with van der Waals surface area (Å²) in [5, 5.41) is 5.80. The molecule has 2 heterocycles. The summed E-state index contributed by atoms with van der Waals surface area (Å²) in [5.74, 6) is -0.211. The fourth-order valence-electron chi connectivity index (χ4n) is 3.68. The van der Waals surface area contributed by atoms with Crippen LogP contribution in [0.2, 0.25) is 10.0 Å². The van der Waals surface area contributed by atoms with Crippen LogP contribution in [0.4, 0.5) is 10.1 Å². The number of hydrogen-bond donors (Lipinski definition) is 0. The first-order chi connectivity index (χ1) is 14.4. The van der Waals surface area contributed by atoms with E-state index >= 15 is 0 Å². The first kappa shape index (κ1) is 20.6. The summed E-state index contributed by atoms with van der Waals surface area (Å²) >= 11 is 12.5. The van der Waals surface area contributed by atoms with E-state index in [2.05, 4.69) is 11.8 Å². The molecule has 0 amide bonds. The predicted octanol–water partition coefficient (Wildman–Crippen LogP) is 6.42. The number of aryl methyl sites for hydroxylation is 2. The Morgan fingerprint density at radius 3 is 2.57 bits per heavy atom. The van der Waals surface area contributed by atoms with Crippen molar-refractivity contribution >= 4 is 39.9 Å². The van der Waals surface area contributed by atoms with Gasteiger partial charge < -0.3 is 4.90 Å². The van der Waals surface area contributed by atoms with Gasteiger partial charge in [-0.3, -0.25) is 4.68 Å². The Bertz CT molecular complexity index is 1240. The third-order valence-electron chi connectivity index (χ3n) is 5.13. The highest BCUT2D eigenvalue weighted by atomic mass is 35.5. The van der Waals surface area contributed by atoms with Crippen molar-refractivity contribution in [2.45, 2.75) is 20.4 Å². The molecule has 30 heavy (non-hydrogen) atoms. The quantitative estimate of drug-likeness (QED) is 0.357. The van der Waals surface area contributed by atoms with Crippen molar-refractivity contribution in [1.29, 1.82) is 0 Å². The molecule has 0 unspecified atom stereocenters. The van der Waals surface area contributed by atoms with E-state index in [9.17, 15) is 4.39 Å². The van der Waals surface area contributed by atoms with E-state index in [-0.39, 0.29) is 5.82 Å². The van der Waals surface area contributed by atoms with Crippen LogP contribution in [-0.4, -0.2) is 21.3 Å². The molecule has 0 N–H and O–H groups in total. The van der Waals surface area contributed by atoms with Crippen molar-refractivity contribution in [3.63, 3.8) is 0 Å². The monoisotopic (exact) mass is 442 g/mol. The molecule has 0 saturated heterocycles. The average molecular weight is 443 g/mol. The number of pyridine rings is 1. The third-order valence-corrected chi connectivity index (χ3v) is 5.67. The molecule has 2 aromatic carbocycles. The lowest BCUT2D eigenvalue weighted by molar-refractivity contribution is 0.605. The number of aromatic nitrogens is 3. The molecule has 0 bridgehead atoms. The average Bonchev–Trinajstić information content (AvgIpc) is 3.03. The maximum Gasteiger partial charge on any atom is 0.128 e. The van der Waals surface area contributed by atoms with Crippen LogP contribution < -0.4 is 4.90 Å². The van der Waals surface area contributed by atoms with Gasteiger partial charge in [0, 0.05) is 42.0 Å². The molecule has 0 fully saturated rings. The lowest BCUT2D eigenvalue weighted by Gasteiger charge is -2.25. The van der Waals surface area contributed by atoms with E-state index in [1.54, 1.807) is 22.9 Å². The second kappa shape index (κ2) is 8.25. The fraction of sp³-hybridized carbons (Fsp3) is 0.217. The van der Waals surface area contributed by atoms with Crippen molar-refractivity contribution in [2.24, 2.45) is 7.05 Å². The van der Waals surface area contributed by atoms with E-state index < -0.39 is 0 Å². The van der Waals surface area contributed by atoms with Crippen molar-refractivity contribution in [1.82, 2.24) is 14.8 Å². The van der Waals surface area contributed by atoms with Gasteiger partial charge in [-0.05, 0) is 44.2 Å². The zero-order valence-corrected chi connectivity index (χ0v) is 18.5. The van der Waals surface area contributed by atoms with Crippen LogP contribution in [0.25, 0.3) is 22.3 Å². The summed E-state index contributed by atoms with van der Waals surface area (Å²) in [5.41, 5.74) is 5.54. The van der Waals surface area contributed by atoms with Gasteiger partial charge in [0.05, 0.1) is 10.7 Å². The minimum Gasteiger partial charge on any atom is -0.366 e. The Balaban J connectivity index is 1.89. The van der Waals surface area contributed by atoms with Crippen LogP contribution in [0.1, 0.15) is 18.2 Å². The van der Waals surface area contributed by atoms with Crippen LogP contribution in [-0.2, 0) is 13.6 Å². The van der Waals surface area contributed by atoms with Crippen molar-refractivity contribution < 1.29 is 4.39 Å². The van der Waals surface area contributed by atoms with E-state index in [4.69, 9.17) is 33.3 Å². The highest BCUT2D eigenvalue weighted by Gasteiger charge is 2.21. The first-order valence-corrected chi connectivity index (χ1v) is 10.4. The number of nitrogens with zero attached hydrogens (tertiary/aromatic N) is 4. The van der Waals surface area contributed by atoms with Gasteiger partial charge >= 0.3 is 0 Å². The van der Waals surface area contributed by atoms with Crippen LogP contribution in [0, 0.1) is 12.7 Å². The Hall–Kier alpha value is -2.63. The first-order valence-electron chi connectivity index (χ1n) is 9.67. The zero-order valence-electron chi connectivity index (χ0n) is 17.0. The second-order valence-corrected chi connectivity index (χ2v) is 8.03. The molecule has 4 aromatic rings. The molecule has 2 aromatic heterocycles. The van der Waals surface area contributed by atoms with Crippen molar-refractivity contribution in [3.05, 3.63) is 75.7 Å². The molecule has 4 nitrogen and oxygen atoms in total. The zero-order chi connectivity index (χ0) is 21.4. The van der Waals surface area contributed by atoms with Crippen LogP contribution in [0.15, 0.2) is 48.5 Å². The van der Waals surface area contributed by atoms with Gasteiger partial charge in [-0.25, -0.2) is 9.37 Å². The highest BCUT2D eigenvalue weighted by Crippen LogP contribution is 2.37. The Labute approximate surface area is 184 Å². The van der Waals surface area contributed by atoms with E-state index in [0.717, 1.165) is 28.0 Å². The molecule has 0 radical (unpaired) electrons. The molecule has 0 aliphatic heterocycles. The maximum atomic E-state index is 14.3. The highest BCUT2D eigenvalue weighted by molar-refractivity contribution is 6.36. The number of anilines is 1. The summed E-state index contributed by atoms with van der Waals surface area (Å²) in [7, 11) is 1.88. The minimum atomic E-state index is -0.211. The largest absolute Gasteiger partial charge is 0.366 e. The van der Waals surface area contributed by atoms with Crippen molar-refractivity contribution in [3.8, 4) is 11.3 Å². The summed E-state index contributed by atoms with van der Waals surface area (Å²) in [4.78, 5) is 6.89. The van der Waals surface area contributed by atoms with Crippen LogP contribution in [0.3, 0.4) is 0 Å². The van der Waals surface area contributed by atoms with Gasteiger partial charge in [0.25, 0.3) is 0 Å². The van der Waals surface area contributed by atoms with Gasteiger partial charge in [0.2, 0.25) is 0 Å². The summed E-state index contributed by atoms with van der Waals surface area (Å²) in [6, 6.07) is 14.2. The van der Waals surface area contributed by atoms with Crippen LogP contribution >= 0.6 is 23.2 Å². The van der Waals surface area contributed by atoms with Gasteiger partial charge in [-0.1, -0.05) is 41.4 Å². The molecule has 0 aliphatic carbocycles. The number of benzene rings is 2. The Morgan fingerprint density at radius 2 is 1.87 bits per heavy atom. The minimum absolute atomic E-state index is 0.211. The lowest BCUT2D eigenvalue weighted by atomic mass is 10.1. The summed E-state index contributed by atoms with van der Waals surface area (Å²) in [6.07, 6.45) is 0. The third kappa shape index (κ3) is 3.75. The maximum absolute atomic E-state index is 14.3. The number of fused-ring (bicyclic) bond motifs is 1. The number of hydrogen-bond acceptors (Lipinski definition) is 3. The SMILES string of the molecule is CCN(Cc1ccccc1F)c1cc(C)nc2c(-c3ccc(Cl)cc3Cl)nn(C)c12. The molecule has 0 aliphatic rings. The molecule has 0 atom stereocenters. The van der Waals surface area contributed by atoms with Gasteiger partial charge in [-0.2, -0.15) is 5.10 Å². The van der Waals surface area contributed by atoms with Gasteiger partial charge in [-0.15, -0.1) is 0 Å². The predicted molar refractivity (Wildman–Crippen MR) is 122 cm³/mol. The standard InChI is InChI=1S/C23H21Cl2FN4/c1-4-30(13-15-7-5-6-8-19(15)26)20-11-14(2)27-22-21(28-29(3)23(20)22)17-10-9-16(24)12-18(17)25/h5-12H,4,13H2,1-3H3.